The fourth-order valence-corrected chi connectivity index (χ4v) is 2.72. The highest BCUT2D eigenvalue weighted by Crippen LogP contribution is 2.28. The number of rotatable bonds is 4. The lowest BCUT2D eigenvalue weighted by Crippen LogP contribution is -2.50. The smallest absolute Gasteiger partial charge is 0.321 e. The summed E-state index contributed by atoms with van der Waals surface area (Å²) in [7, 11) is 1.59. The number of nitrogens with zero attached hydrogens (tertiary/aromatic N) is 4. The molecule has 1 saturated heterocycles. The minimum Gasteiger partial charge on any atom is -0.497 e. The zero-order valence-electron chi connectivity index (χ0n) is 14.1. The monoisotopic (exact) mass is 351 g/mol. The van der Waals surface area contributed by atoms with Crippen molar-refractivity contribution in [2.75, 3.05) is 25.5 Å². The molecule has 2 aromatic heterocycles. The second-order valence-electron chi connectivity index (χ2n) is 5.96. The molecule has 3 heterocycles. The van der Waals surface area contributed by atoms with Crippen molar-refractivity contribution in [3.05, 3.63) is 54.7 Å². The van der Waals surface area contributed by atoms with E-state index in [0.717, 1.165) is 5.56 Å². The summed E-state index contributed by atoms with van der Waals surface area (Å²) in [6, 6.07) is 10.7. The number of pyridine rings is 1. The van der Waals surface area contributed by atoms with Crippen LogP contribution in [-0.2, 0) is 0 Å². The van der Waals surface area contributed by atoms with E-state index in [2.05, 4.69) is 20.4 Å². The Morgan fingerprint density at radius 1 is 1.27 bits per heavy atom. The van der Waals surface area contributed by atoms with Crippen LogP contribution in [0.4, 0.5) is 10.5 Å². The molecule has 132 valence electrons. The zero-order valence-corrected chi connectivity index (χ0v) is 14.1. The number of hydrogen-bond acceptors (Lipinski definition) is 6. The van der Waals surface area contributed by atoms with Crippen LogP contribution in [0.2, 0.25) is 0 Å². The largest absolute Gasteiger partial charge is 0.497 e. The maximum atomic E-state index is 12.3. The molecule has 4 rings (SSSR count). The second kappa shape index (κ2) is 6.83. The maximum Gasteiger partial charge on any atom is 0.321 e. The van der Waals surface area contributed by atoms with E-state index in [4.69, 9.17) is 9.26 Å². The average molecular weight is 351 g/mol. The molecule has 2 amide bonds. The van der Waals surface area contributed by atoms with E-state index in [1.54, 1.807) is 30.5 Å². The van der Waals surface area contributed by atoms with Gasteiger partial charge >= 0.3 is 6.03 Å². The fraction of sp³-hybridized carbons (Fsp3) is 0.222. The molecule has 0 spiro atoms. The summed E-state index contributed by atoms with van der Waals surface area (Å²) in [6.07, 6.45) is 3.36. The number of benzene rings is 1. The number of methoxy groups -OCH3 is 1. The highest BCUT2D eigenvalue weighted by Gasteiger charge is 2.35. The van der Waals surface area contributed by atoms with Gasteiger partial charge in [-0.25, -0.2) is 4.79 Å². The first-order chi connectivity index (χ1) is 12.7. The van der Waals surface area contributed by atoms with Crippen molar-refractivity contribution in [2.45, 2.75) is 5.92 Å². The number of aromatic nitrogens is 3. The lowest BCUT2D eigenvalue weighted by atomic mass is 10.0. The SMILES string of the molecule is COc1cccc(NC(=O)N2CC(c3nc(-c4ccncc4)no3)C2)c1. The molecule has 1 aromatic carbocycles. The number of nitrogens with one attached hydrogen (secondary N) is 1. The van der Waals surface area contributed by atoms with Gasteiger partial charge in [-0.05, 0) is 24.3 Å². The Hall–Kier alpha value is -3.42. The number of likely N-dealkylation sites (tertiary alicyclic amines) is 1. The van der Waals surface area contributed by atoms with Crippen LogP contribution < -0.4 is 10.1 Å². The Morgan fingerprint density at radius 2 is 2.08 bits per heavy atom. The third kappa shape index (κ3) is 3.21. The summed E-state index contributed by atoms with van der Waals surface area (Å²) in [4.78, 5) is 22.4. The molecule has 1 aliphatic rings. The van der Waals surface area contributed by atoms with Crippen LogP contribution in [0.1, 0.15) is 11.8 Å². The minimum absolute atomic E-state index is 0.0501. The fourth-order valence-electron chi connectivity index (χ4n) is 2.72. The van der Waals surface area contributed by atoms with E-state index in [-0.39, 0.29) is 11.9 Å². The summed E-state index contributed by atoms with van der Waals surface area (Å²) in [5.41, 5.74) is 1.54. The highest BCUT2D eigenvalue weighted by atomic mass is 16.5. The van der Waals surface area contributed by atoms with Crippen LogP contribution in [0.25, 0.3) is 11.4 Å². The summed E-state index contributed by atoms with van der Waals surface area (Å²) < 4.78 is 10.5. The molecule has 0 bridgehead atoms. The molecule has 26 heavy (non-hydrogen) atoms. The van der Waals surface area contributed by atoms with Crippen molar-refractivity contribution in [3.63, 3.8) is 0 Å². The Morgan fingerprint density at radius 3 is 2.85 bits per heavy atom. The standard InChI is InChI=1S/C18H17N5O3/c1-25-15-4-2-3-14(9-15)20-18(24)23-10-13(11-23)17-21-16(22-26-17)12-5-7-19-8-6-12/h2-9,13H,10-11H2,1H3,(H,20,24). The Kier molecular flexibility index (Phi) is 4.22. The first kappa shape index (κ1) is 16.1. The van der Waals surface area contributed by atoms with Gasteiger partial charge in [0.2, 0.25) is 11.7 Å². The van der Waals surface area contributed by atoms with E-state index in [1.807, 2.05) is 30.3 Å². The van der Waals surface area contributed by atoms with Gasteiger partial charge in [0.25, 0.3) is 0 Å². The van der Waals surface area contributed by atoms with Crippen LogP contribution in [-0.4, -0.2) is 46.3 Å². The summed E-state index contributed by atoms with van der Waals surface area (Å²) in [5, 5.41) is 6.85. The van der Waals surface area contributed by atoms with E-state index >= 15 is 0 Å². The van der Waals surface area contributed by atoms with Gasteiger partial charge in [0, 0.05) is 42.8 Å². The van der Waals surface area contributed by atoms with Crippen LogP contribution >= 0.6 is 0 Å². The van der Waals surface area contributed by atoms with Crippen molar-refractivity contribution in [1.82, 2.24) is 20.0 Å². The number of carbonyl (C=O) groups excluding carboxylic acids is 1. The molecule has 0 radical (unpaired) electrons. The van der Waals surface area contributed by atoms with Crippen molar-refractivity contribution < 1.29 is 14.1 Å². The third-order valence-corrected chi connectivity index (χ3v) is 4.22. The van der Waals surface area contributed by atoms with Gasteiger partial charge in [0.1, 0.15) is 5.75 Å². The molecule has 8 nitrogen and oxygen atoms in total. The molecule has 0 saturated carbocycles. The van der Waals surface area contributed by atoms with Gasteiger partial charge in [-0.1, -0.05) is 11.2 Å². The molecular formula is C18H17N5O3. The lowest BCUT2D eigenvalue weighted by molar-refractivity contribution is 0.147. The molecule has 1 fully saturated rings. The van der Waals surface area contributed by atoms with Crippen molar-refractivity contribution in [3.8, 4) is 17.1 Å². The van der Waals surface area contributed by atoms with Crippen molar-refractivity contribution in [1.29, 1.82) is 0 Å². The predicted molar refractivity (Wildman–Crippen MR) is 93.9 cm³/mol. The van der Waals surface area contributed by atoms with Gasteiger partial charge in [0.15, 0.2) is 0 Å². The van der Waals surface area contributed by atoms with Crippen LogP contribution in [0.3, 0.4) is 0 Å². The van der Waals surface area contributed by atoms with Gasteiger partial charge in [-0.15, -0.1) is 0 Å². The first-order valence-corrected chi connectivity index (χ1v) is 8.17. The second-order valence-corrected chi connectivity index (χ2v) is 5.96. The number of anilines is 1. The zero-order chi connectivity index (χ0) is 17.9. The summed E-state index contributed by atoms with van der Waals surface area (Å²) in [5.74, 6) is 1.82. The quantitative estimate of drug-likeness (QED) is 0.777. The molecule has 0 unspecified atom stereocenters. The van der Waals surface area contributed by atoms with Crippen molar-refractivity contribution >= 4 is 11.7 Å². The number of urea groups is 1. The molecule has 1 N–H and O–H groups in total. The highest BCUT2D eigenvalue weighted by molar-refractivity contribution is 5.90. The predicted octanol–water partition coefficient (Wildman–Crippen LogP) is 2.77. The van der Waals surface area contributed by atoms with E-state index in [0.29, 0.717) is 36.2 Å². The van der Waals surface area contributed by atoms with E-state index in [1.165, 1.54) is 0 Å². The van der Waals surface area contributed by atoms with Gasteiger partial charge < -0.3 is 19.5 Å². The van der Waals surface area contributed by atoms with Crippen LogP contribution in [0.5, 0.6) is 5.75 Å². The topological polar surface area (TPSA) is 93.4 Å². The van der Waals surface area contributed by atoms with Gasteiger partial charge in [-0.2, -0.15) is 4.98 Å². The number of ether oxygens (including phenoxy) is 1. The van der Waals surface area contributed by atoms with Gasteiger partial charge in [-0.3, -0.25) is 4.98 Å². The van der Waals surface area contributed by atoms with E-state index < -0.39 is 0 Å². The lowest BCUT2D eigenvalue weighted by Gasteiger charge is -2.36. The minimum atomic E-state index is -0.164. The Balaban J connectivity index is 1.35. The molecule has 0 aliphatic carbocycles. The van der Waals surface area contributed by atoms with Crippen molar-refractivity contribution in [2.24, 2.45) is 0 Å². The molecule has 8 heteroatoms. The Bertz CT molecular complexity index is 906. The van der Waals surface area contributed by atoms with Crippen LogP contribution in [0, 0.1) is 0 Å². The van der Waals surface area contributed by atoms with Gasteiger partial charge in [0.05, 0.1) is 13.0 Å². The molecule has 0 atom stereocenters. The number of carbonyl (C=O) groups is 1. The van der Waals surface area contributed by atoms with E-state index in [9.17, 15) is 4.79 Å². The normalized spacial score (nSPS) is 14.0. The summed E-state index contributed by atoms with van der Waals surface area (Å²) >= 11 is 0. The van der Waals surface area contributed by atoms with Crippen LogP contribution in [0.15, 0.2) is 53.3 Å². The first-order valence-electron chi connectivity index (χ1n) is 8.17. The Labute approximate surface area is 149 Å². The molecular weight excluding hydrogens is 334 g/mol. The third-order valence-electron chi connectivity index (χ3n) is 4.22. The summed E-state index contributed by atoms with van der Waals surface area (Å²) in [6.45, 7) is 1.07. The number of amides is 2. The maximum absolute atomic E-state index is 12.3. The molecule has 3 aromatic rings. The average Bonchev–Trinajstić information content (AvgIpc) is 3.11. The molecule has 1 aliphatic heterocycles. The number of hydrogen-bond donors (Lipinski definition) is 1.